The van der Waals surface area contributed by atoms with Crippen LogP contribution < -0.4 is 5.32 Å². The largest absolute Gasteiger partial charge is 0.507 e. The molecule has 2 aromatic rings. The molecule has 0 aliphatic heterocycles. The second kappa shape index (κ2) is 6.09. The van der Waals surface area contributed by atoms with E-state index in [1.807, 2.05) is 13.1 Å². The zero-order chi connectivity index (χ0) is 16.3. The normalized spacial score (nSPS) is 11.3. The minimum atomic E-state index is -0.597. The number of nitrogens with one attached hydrogen (secondary N) is 1. The maximum Gasteiger partial charge on any atom is 0.342 e. The molecule has 1 heterocycles. The molecule has 0 unspecified atom stereocenters. The van der Waals surface area contributed by atoms with Crippen LogP contribution in [0.1, 0.15) is 36.8 Å². The van der Waals surface area contributed by atoms with E-state index in [-0.39, 0.29) is 11.3 Å². The second-order valence-corrected chi connectivity index (χ2v) is 6.03. The SMILES string of the molecule is Cn1nccc1CNc1ccc(C(=O)OC(C)(C)C)c(O)c1. The first-order chi connectivity index (χ1) is 10.3. The summed E-state index contributed by atoms with van der Waals surface area (Å²) < 4.78 is 7.01. The fourth-order valence-corrected chi connectivity index (χ4v) is 1.91. The average Bonchev–Trinajstić information content (AvgIpc) is 2.80. The molecule has 6 heteroatoms. The number of phenolic OH excluding ortho intramolecular Hbond substituents is 1. The first-order valence-electron chi connectivity index (χ1n) is 7.03. The van der Waals surface area contributed by atoms with Crippen LogP contribution in [0.15, 0.2) is 30.5 Å². The number of benzene rings is 1. The lowest BCUT2D eigenvalue weighted by Gasteiger charge is -2.20. The topological polar surface area (TPSA) is 76.4 Å². The minimum absolute atomic E-state index is 0.107. The van der Waals surface area contributed by atoms with Gasteiger partial charge >= 0.3 is 5.97 Å². The van der Waals surface area contributed by atoms with Crippen LogP contribution in [0.2, 0.25) is 0 Å². The zero-order valence-corrected chi connectivity index (χ0v) is 13.3. The van der Waals surface area contributed by atoms with Crippen molar-refractivity contribution in [1.82, 2.24) is 9.78 Å². The Morgan fingerprint density at radius 3 is 2.64 bits per heavy atom. The summed E-state index contributed by atoms with van der Waals surface area (Å²) in [5, 5.41) is 17.3. The summed E-state index contributed by atoms with van der Waals surface area (Å²) in [5.74, 6) is -0.646. The van der Waals surface area contributed by atoms with E-state index in [2.05, 4.69) is 10.4 Å². The number of nitrogens with zero attached hydrogens (tertiary/aromatic N) is 2. The summed E-state index contributed by atoms with van der Waals surface area (Å²) >= 11 is 0. The maximum atomic E-state index is 12.0. The lowest BCUT2D eigenvalue weighted by Crippen LogP contribution is -2.23. The molecule has 0 fully saturated rings. The molecule has 0 saturated heterocycles. The summed E-state index contributed by atoms with van der Waals surface area (Å²) in [6, 6.07) is 6.70. The van der Waals surface area contributed by atoms with Gasteiger partial charge in [-0.2, -0.15) is 5.10 Å². The van der Waals surface area contributed by atoms with Crippen LogP contribution in [0.25, 0.3) is 0 Å². The molecule has 1 aromatic heterocycles. The van der Waals surface area contributed by atoms with Gasteiger partial charge in [0.25, 0.3) is 0 Å². The highest BCUT2D eigenvalue weighted by molar-refractivity contribution is 5.93. The smallest absolute Gasteiger partial charge is 0.342 e. The molecule has 118 valence electrons. The number of anilines is 1. The molecule has 2 rings (SSSR count). The van der Waals surface area contributed by atoms with Crippen LogP contribution in [-0.2, 0) is 18.3 Å². The van der Waals surface area contributed by atoms with Crippen molar-refractivity contribution < 1.29 is 14.6 Å². The number of carbonyl (C=O) groups is 1. The van der Waals surface area contributed by atoms with E-state index in [1.54, 1.807) is 43.8 Å². The van der Waals surface area contributed by atoms with Gasteiger partial charge in [0, 0.05) is 25.0 Å². The van der Waals surface area contributed by atoms with Gasteiger partial charge in [-0.15, -0.1) is 0 Å². The van der Waals surface area contributed by atoms with E-state index in [9.17, 15) is 9.90 Å². The van der Waals surface area contributed by atoms with Gasteiger partial charge in [0.15, 0.2) is 0 Å². The van der Waals surface area contributed by atoms with Crippen LogP contribution in [0.5, 0.6) is 5.75 Å². The number of phenols is 1. The van der Waals surface area contributed by atoms with E-state index in [4.69, 9.17) is 4.74 Å². The zero-order valence-electron chi connectivity index (χ0n) is 13.3. The van der Waals surface area contributed by atoms with Crippen molar-refractivity contribution in [3.63, 3.8) is 0 Å². The van der Waals surface area contributed by atoms with Crippen molar-refractivity contribution in [3.8, 4) is 5.75 Å². The number of carbonyl (C=O) groups excluding carboxylic acids is 1. The molecule has 1 aromatic carbocycles. The first kappa shape index (κ1) is 15.9. The van der Waals surface area contributed by atoms with Crippen molar-refractivity contribution in [2.75, 3.05) is 5.32 Å². The molecule has 0 aliphatic rings. The lowest BCUT2D eigenvalue weighted by molar-refractivity contribution is 0.00669. The average molecular weight is 303 g/mol. The third-order valence-corrected chi connectivity index (χ3v) is 3.01. The number of esters is 1. The van der Waals surface area contributed by atoms with Gasteiger partial charge in [0.2, 0.25) is 0 Å². The highest BCUT2D eigenvalue weighted by Gasteiger charge is 2.20. The fourth-order valence-electron chi connectivity index (χ4n) is 1.91. The molecular weight excluding hydrogens is 282 g/mol. The molecule has 0 spiro atoms. The fraction of sp³-hybridized carbons (Fsp3) is 0.375. The van der Waals surface area contributed by atoms with Crippen LogP contribution in [0.3, 0.4) is 0 Å². The minimum Gasteiger partial charge on any atom is -0.507 e. The van der Waals surface area contributed by atoms with Gasteiger partial charge in [-0.1, -0.05) is 0 Å². The predicted octanol–water partition coefficient (Wildman–Crippen LogP) is 2.69. The van der Waals surface area contributed by atoms with Gasteiger partial charge in [-0.05, 0) is 39.0 Å². The third kappa shape index (κ3) is 4.00. The standard InChI is InChI=1S/C16H21N3O3/c1-16(2,3)22-15(21)13-6-5-11(9-14(13)20)17-10-12-7-8-18-19(12)4/h5-9,17,20H,10H2,1-4H3. The number of hydrogen-bond acceptors (Lipinski definition) is 5. The Bertz CT molecular complexity index is 672. The highest BCUT2D eigenvalue weighted by atomic mass is 16.6. The van der Waals surface area contributed by atoms with E-state index in [1.165, 1.54) is 6.07 Å². The first-order valence-corrected chi connectivity index (χ1v) is 7.03. The lowest BCUT2D eigenvalue weighted by atomic mass is 10.1. The molecule has 0 aliphatic carbocycles. The van der Waals surface area contributed by atoms with Crippen molar-refractivity contribution in [1.29, 1.82) is 0 Å². The van der Waals surface area contributed by atoms with Crippen molar-refractivity contribution >= 4 is 11.7 Å². The van der Waals surface area contributed by atoms with Crippen molar-refractivity contribution in [3.05, 3.63) is 41.7 Å². The molecule has 0 radical (unpaired) electrons. The summed E-state index contributed by atoms with van der Waals surface area (Å²) in [7, 11) is 1.86. The Labute approximate surface area is 129 Å². The molecule has 0 amide bonds. The predicted molar refractivity (Wildman–Crippen MR) is 83.8 cm³/mol. The number of ether oxygens (including phenoxy) is 1. The molecular formula is C16H21N3O3. The van der Waals surface area contributed by atoms with Crippen LogP contribution in [0, 0.1) is 0 Å². The Balaban J connectivity index is 2.06. The van der Waals surface area contributed by atoms with Crippen LogP contribution >= 0.6 is 0 Å². The number of aryl methyl sites for hydroxylation is 1. The quantitative estimate of drug-likeness (QED) is 0.849. The highest BCUT2D eigenvalue weighted by Crippen LogP contribution is 2.24. The van der Waals surface area contributed by atoms with Crippen molar-refractivity contribution in [2.24, 2.45) is 7.05 Å². The van der Waals surface area contributed by atoms with E-state index in [0.29, 0.717) is 12.2 Å². The monoisotopic (exact) mass is 303 g/mol. The number of aromatic nitrogens is 2. The van der Waals surface area contributed by atoms with Gasteiger partial charge in [0.1, 0.15) is 16.9 Å². The van der Waals surface area contributed by atoms with Gasteiger partial charge in [-0.25, -0.2) is 4.79 Å². The molecule has 2 N–H and O–H groups in total. The van der Waals surface area contributed by atoms with E-state index < -0.39 is 11.6 Å². The summed E-state index contributed by atoms with van der Waals surface area (Å²) in [5.41, 5.74) is 1.28. The second-order valence-electron chi connectivity index (χ2n) is 6.03. The Hall–Kier alpha value is -2.50. The third-order valence-electron chi connectivity index (χ3n) is 3.01. The maximum absolute atomic E-state index is 12.0. The molecule has 22 heavy (non-hydrogen) atoms. The molecule has 0 atom stereocenters. The molecule has 6 nitrogen and oxygen atoms in total. The van der Waals surface area contributed by atoms with Crippen molar-refractivity contribution in [2.45, 2.75) is 32.9 Å². The Morgan fingerprint density at radius 2 is 2.09 bits per heavy atom. The van der Waals surface area contributed by atoms with E-state index in [0.717, 1.165) is 5.69 Å². The Kier molecular flexibility index (Phi) is 4.40. The number of hydrogen-bond donors (Lipinski definition) is 2. The van der Waals surface area contributed by atoms with Gasteiger partial charge in [0.05, 0.1) is 12.2 Å². The van der Waals surface area contributed by atoms with Gasteiger partial charge < -0.3 is 15.2 Å². The summed E-state index contributed by atoms with van der Waals surface area (Å²) in [6.07, 6.45) is 1.72. The molecule has 0 saturated carbocycles. The van der Waals surface area contributed by atoms with Crippen LogP contribution in [0.4, 0.5) is 5.69 Å². The summed E-state index contributed by atoms with van der Waals surface area (Å²) in [6.45, 7) is 5.92. The summed E-state index contributed by atoms with van der Waals surface area (Å²) in [4.78, 5) is 12.0. The van der Waals surface area contributed by atoms with Crippen LogP contribution in [-0.4, -0.2) is 26.5 Å². The van der Waals surface area contributed by atoms with Gasteiger partial charge in [-0.3, -0.25) is 4.68 Å². The van der Waals surface area contributed by atoms with E-state index >= 15 is 0 Å². The Morgan fingerprint density at radius 1 is 1.36 bits per heavy atom. The number of rotatable bonds is 4. The number of aromatic hydroxyl groups is 1. The molecule has 0 bridgehead atoms.